The number of alkyl halides is 2. The van der Waals surface area contributed by atoms with Crippen molar-refractivity contribution < 1.29 is 18.7 Å². The number of primary amides is 1. The number of rotatable bonds is 15. The molecule has 1 aromatic carbocycles. The van der Waals surface area contributed by atoms with Crippen LogP contribution in [0, 0.1) is 0 Å². The highest BCUT2D eigenvalue weighted by atomic mass is 35.5. The summed E-state index contributed by atoms with van der Waals surface area (Å²) in [6.07, 6.45) is 0.457. The first kappa shape index (κ1) is 24.1. The molecule has 0 saturated carbocycles. The first-order chi connectivity index (χ1) is 14.6. The molecule has 30 heavy (non-hydrogen) atoms. The number of hydrogen-bond acceptors (Lipinski definition) is 6. The average molecular weight is 458 g/mol. The van der Waals surface area contributed by atoms with Crippen molar-refractivity contribution in [2.45, 2.75) is 6.42 Å². The molecular weight excluding hydrogens is 433 g/mol. The molecule has 0 aliphatic carbocycles. The normalized spacial score (nSPS) is 10.9. The third-order valence-electron chi connectivity index (χ3n) is 4.34. The van der Waals surface area contributed by atoms with E-state index in [0.717, 1.165) is 11.1 Å². The maximum absolute atomic E-state index is 11.9. The number of azide groups is 1. The second kappa shape index (κ2) is 13.2. The summed E-state index contributed by atoms with van der Waals surface area (Å²) in [6, 6.07) is 5.68. The van der Waals surface area contributed by atoms with Crippen LogP contribution in [0.15, 0.2) is 27.7 Å². The molecule has 0 saturated heterocycles. The number of fused-ring (bicyclic) bond motifs is 1. The summed E-state index contributed by atoms with van der Waals surface area (Å²) in [4.78, 5) is 16.6. The summed E-state index contributed by atoms with van der Waals surface area (Å²) in [6.45, 7) is 3.05. The van der Waals surface area contributed by atoms with E-state index in [9.17, 15) is 4.79 Å². The molecule has 2 rings (SSSR count). The van der Waals surface area contributed by atoms with Crippen molar-refractivity contribution in [3.05, 3.63) is 40.0 Å². The molecule has 9 nitrogen and oxygen atoms in total. The van der Waals surface area contributed by atoms with Crippen LogP contribution in [-0.4, -0.2) is 63.7 Å². The maximum atomic E-state index is 11.9. The molecule has 0 unspecified atom stereocenters. The minimum Gasteiger partial charge on any atom is -0.451 e. The Balaban J connectivity index is 2.06. The SMILES string of the molecule is [N-]=[N+]=NCCOCCOCCc1c(C(N)=O)oc2ccc(N(CCCl)CCCl)cc12. The highest BCUT2D eigenvalue weighted by Crippen LogP contribution is 2.30. The van der Waals surface area contributed by atoms with Crippen LogP contribution in [0.1, 0.15) is 16.1 Å². The number of nitrogens with two attached hydrogens (primary N) is 1. The number of hydrogen-bond donors (Lipinski definition) is 1. The Bertz CT molecular complexity index is 864. The lowest BCUT2D eigenvalue weighted by Gasteiger charge is -2.22. The minimum atomic E-state index is -0.623. The molecule has 164 valence electrons. The maximum Gasteiger partial charge on any atom is 0.284 e. The van der Waals surface area contributed by atoms with E-state index in [4.69, 9.17) is 48.4 Å². The van der Waals surface area contributed by atoms with Gasteiger partial charge < -0.3 is 24.5 Å². The topological polar surface area (TPSA) is 127 Å². The fourth-order valence-corrected chi connectivity index (χ4v) is 3.41. The van der Waals surface area contributed by atoms with Crippen molar-refractivity contribution in [1.82, 2.24) is 0 Å². The summed E-state index contributed by atoms with van der Waals surface area (Å²) < 4.78 is 16.6. The number of furan rings is 1. The van der Waals surface area contributed by atoms with Crippen molar-refractivity contribution in [3.63, 3.8) is 0 Å². The van der Waals surface area contributed by atoms with Crippen molar-refractivity contribution >= 4 is 45.8 Å². The first-order valence-corrected chi connectivity index (χ1v) is 10.6. The molecule has 1 heterocycles. The molecular formula is C19H25Cl2N5O4. The second-order valence-electron chi connectivity index (χ2n) is 6.25. The molecule has 2 N–H and O–H groups in total. The Morgan fingerprint density at radius 2 is 1.87 bits per heavy atom. The number of anilines is 1. The first-order valence-electron chi connectivity index (χ1n) is 9.50. The lowest BCUT2D eigenvalue weighted by molar-refractivity contribution is 0.0519. The van der Waals surface area contributed by atoms with Gasteiger partial charge in [-0.3, -0.25) is 4.79 Å². The Morgan fingerprint density at radius 1 is 1.17 bits per heavy atom. The average Bonchev–Trinajstić information content (AvgIpc) is 3.10. The Hall–Kier alpha value is -2.16. The number of nitrogens with zero attached hydrogens (tertiary/aromatic N) is 4. The number of carbonyl (C=O) groups excluding carboxylic acids is 1. The number of halogens is 2. The molecule has 2 aromatic rings. The summed E-state index contributed by atoms with van der Waals surface area (Å²) in [5.74, 6) is 0.455. The molecule has 1 amide bonds. The van der Waals surface area contributed by atoms with Gasteiger partial charge in [-0.25, -0.2) is 0 Å². The quantitative estimate of drug-likeness (QED) is 0.143. The highest BCUT2D eigenvalue weighted by Gasteiger charge is 2.19. The number of amides is 1. The van der Waals surface area contributed by atoms with Crippen molar-refractivity contribution in [2.75, 3.05) is 62.7 Å². The number of carbonyl (C=O) groups is 1. The predicted octanol–water partition coefficient (Wildman–Crippen LogP) is 3.70. The van der Waals surface area contributed by atoms with E-state index in [2.05, 4.69) is 14.9 Å². The van der Waals surface area contributed by atoms with Gasteiger partial charge in [0.25, 0.3) is 5.91 Å². The van der Waals surface area contributed by atoms with Gasteiger partial charge in [0.2, 0.25) is 0 Å². The van der Waals surface area contributed by atoms with Crippen LogP contribution < -0.4 is 10.6 Å². The highest BCUT2D eigenvalue weighted by molar-refractivity contribution is 6.18. The lowest BCUT2D eigenvalue weighted by atomic mass is 10.1. The smallest absolute Gasteiger partial charge is 0.284 e. The number of benzene rings is 1. The zero-order valence-electron chi connectivity index (χ0n) is 16.6. The van der Waals surface area contributed by atoms with Crippen molar-refractivity contribution in [1.29, 1.82) is 0 Å². The Labute approximate surface area is 184 Å². The zero-order chi connectivity index (χ0) is 21.8. The molecule has 1 aromatic heterocycles. The van der Waals surface area contributed by atoms with Gasteiger partial charge in [-0.15, -0.1) is 23.2 Å². The van der Waals surface area contributed by atoms with E-state index >= 15 is 0 Å². The summed E-state index contributed by atoms with van der Waals surface area (Å²) in [7, 11) is 0. The van der Waals surface area contributed by atoms with Crippen LogP contribution in [0.3, 0.4) is 0 Å². The summed E-state index contributed by atoms with van der Waals surface area (Å²) in [5, 5.41) is 4.19. The fourth-order valence-electron chi connectivity index (χ4n) is 3.00. The van der Waals surface area contributed by atoms with Crippen molar-refractivity contribution in [3.8, 4) is 0 Å². The van der Waals surface area contributed by atoms with Gasteiger partial charge in [-0.2, -0.15) is 0 Å². The standard InChI is InChI=1S/C19H25Cl2N5O4/c20-4-7-26(8-5-21)14-1-2-17-16(13-14)15(18(30-17)19(22)27)3-9-28-11-12-29-10-6-24-25-23/h1-2,13H,3-12H2,(H2,22,27). The van der Waals surface area contributed by atoms with E-state index < -0.39 is 5.91 Å². The van der Waals surface area contributed by atoms with Crippen LogP contribution in [0.2, 0.25) is 0 Å². The van der Waals surface area contributed by atoms with Crippen LogP contribution >= 0.6 is 23.2 Å². The van der Waals surface area contributed by atoms with Crippen molar-refractivity contribution in [2.24, 2.45) is 10.8 Å². The van der Waals surface area contributed by atoms with E-state index in [1.807, 2.05) is 18.2 Å². The summed E-state index contributed by atoms with van der Waals surface area (Å²) in [5.41, 5.74) is 15.9. The summed E-state index contributed by atoms with van der Waals surface area (Å²) >= 11 is 11.8. The van der Waals surface area contributed by atoms with E-state index in [0.29, 0.717) is 68.8 Å². The Kier molecular flexibility index (Phi) is 10.6. The van der Waals surface area contributed by atoms with Gasteiger partial charge >= 0.3 is 0 Å². The second-order valence-corrected chi connectivity index (χ2v) is 7.00. The predicted molar refractivity (Wildman–Crippen MR) is 118 cm³/mol. The van der Waals surface area contributed by atoms with Gasteiger partial charge in [0.05, 0.1) is 26.4 Å². The third kappa shape index (κ3) is 6.97. The van der Waals surface area contributed by atoms with Gasteiger partial charge in [0, 0.05) is 59.4 Å². The van der Waals surface area contributed by atoms with Gasteiger partial charge in [-0.05, 0) is 23.7 Å². The zero-order valence-corrected chi connectivity index (χ0v) is 18.1. The third-order valence-corrected chi connectivity index (χ3v) is 4.68. The largest absolute Gasteiger partial charge is 0.451 e. The van der Waals surface area contributed by atoms with Crippen LogP contribution in [0.5, 0.6) is 0 Å². The van der Waals surface area contributed by atoms with Crippen LogP contribution in [-0.2, 0) is 15.9 Å². The monoisotopic (exact) mass is 457 g/mol. The van der Waals surface area contributed by atoms with Gasteiger partial charge in [0.15, 0.2) is 5.76 Å². The molecule has 0 atom stereocenters. The molecule has 0 spiro atoms. The molecule has 0 bridgehead atoms. The van der Waals surface area contributed by atoms with E-state index in [1.165, 1.54) is 0 Å². The van der Waals surface area contributed by atoms with Crippen LogP contribution in [0.25, 0.3) is 21.4 Å². The fraction of sp³-hybridized carbons (Fsp3) is 0.526. The van der Waals surface area contributed by atoms with E-state index in [1.54, 1.807) is 0 Å². The molecule has 0 radical (unpaired) electrons. The van der Waals surface area contributed by atoms with Gasteiger partial charge in [0.1, 0.15) is 5.58 Å². The van der Waals surface area contributed by atoms with Gasteiger partial charge in [-0.1, -0.05) is 5.11 Å². The molecule has 0 aliphatic heterocycles. The molecule has 0 aliphatic rings. The molecule has 11 heteroatoms. The Morgan fingerprint density at radius 3 is 2.50 bits per heavy atom. The van der Waals surface area contributed by atoms with E-state index in [-0.39, 0.29) is 12.3 Å². The lowest BCUT2D eigenvalue weighted by Crippen LogP contribution is -2.27. The molecule has 0 fully saturated rings. The van der Waals surface area contributed by atoms with Crippen LogP contribution in [0.4, 0.5) is 5.69 Å². The number of ether oxygens (including phenoxy) is 2. The minimum absolute atomic E-state index is 0.137.